The number of carboxylic acid groups (broad SMARTS) is 1. The second-order valence-electron chi connectivity index (χ2n) is 9.01. The number of nitrogens with one attached hydrogen (secondary N) is 1. The molecular formula is C16H41NO5Si4. The standard InChI is InChI=1S/C9H28O3Si4.C4H7NO2.C3H6/c1-14(2,3)10-13(11-15(4,5)6)12-16(7,8)9;1-2-3-5-4(6)7;1-2-3-1/h13H,1-9H3;2,5H,1,3H2,(H,6,7);1-3H2. The Balaban J connectivity index is 0. The number of hydrogen-bond acceptors (Lipinski definition) is 4. The molecule has 10 heteroatoms. The fraction of sp³-hybridized carbons (Fsp3) is 0.812. The van der Waals surface area contributed by atoms with Crippen LogP contribution in [-0.2, 0) is 12.3 Å². The van der Waals surface area contributed by atoms with Gasteiger partial charge >= 0.3 is 15.6 Å². The highest BCUT2D eigenvalue weighted by Gasteiger charge is 2.33. The van der Waals surface area contributed by atoms with Crippen molar-refractivity contribution in [1.82, 2.24) is 5.32 Å². The molecule has 0 aromatic heterocycles. The molecule has 1 amide bonds. The van der Waals surface area contributed by atoms with Crippen molar-refractivity contribution in [3.8, 4) is 0 Å². The Morgan fingerprint density at radius 1 is 0.923 bits per heavy atom. The molecule has 1 aliphatic carbocycles. The van der Waals surface area contributed by atoms with Crippen LogP contribution in [0, 0.1) is 0 Å². The van der Waals surface area contributed by atoms with E-state index < -0.39 is 40.6 Å². The molecule has 0 unspecified atom stereocenters. The van der Waals surface area contributed by atoms with Crippen LogP contribution in [0.4, 0.5) is 4.79 Å². The molecule has 1 aliphatic rings. The second-order valence-corrected chi connectivity index (χ2v) is 25.1. The monoisotopic (exact) mass is 439 g/mol. The summed E-state index contributed by atoms with van der Waals surface area (Å²) in [4.78, 5) is 9.60. The predicted molar refractivity (Wildman–Crippen MR) is 121 cm³/mol. The highest BCUT2D eigenvalue weighted by molar-refractivity contribution is 6.83. The Hall–Kier alpha value is -0.242. The van der Waals surface area contributed by atoms with E-state index in [2.05, 4.69) is 70.8 Å². The zero-order valence-corrected chi connectivity index (χ0v) is 22.4. The first-order chi connectivity index (χ1) is 11.6. The Bertz CT molecular complexity index is 360. The lowest BCUT2D eigenvalue weighted by Crippen LogP contribution is -2.49. The Kier molecular flexibility index (Phi) is 14.0. The van der Waals surface area contributed by atoms with Crippen LogP contribution < -0.4 is 5.32 Å². The summed E-state index contributed by atoms with van der Waals surface area (Å²) in [5.74, 6) is 0. The van der Waals surface area contributed by atoms with Crippen LogP contribution in [-0.4, -0.2) is 52.2 Å². The van der Waals surface area contributed by atoms with Gasteiger partial charge in [0.15, 0.2) is 25.0 Å². The van der Waals surface area contributed by atoms with Crippen molar-refractivity contribution < 1.29 is 22.2 Å². The van der Waals surface area contributed by atoms with Crippen LogP contribution in [0.5, 0.6) is 0 Å². The van der Waals surface area contributed by atoms with E-state index in [-0.39, 0.29) is 0 Å². The number of amides is 1. The highest BCUT2D eigenvalue weighted by atomic mass is 28.5. The summed E-state index contributed by atoms with van der Waals surface area (Å²) in [6.45, 7) is 23.3. The van der Waals surface area contributed by atoms with Gasteiger partial charge in [-0.2, -0.15) is 0 Å². The lowest BCUT2D eigenvalue weighted by Gasteiger charge is -2.33. The molecule has 0 radical (unpaired) electrons. The summed E-state index contributed by atoms with van der Waals surface area (Å²) >= 11 is 0. The van der Waals surface area contributed by atoms with Crippen LogP contribution in [0.2, 0.25) is 58.9 Å². The van der Waals surface area contributed by atoms with Crippen molar-refractivity contribution in [2.75, 3.05) is 6.54 Å². The molecule has 26 heavy (non-hydrogen) atoms. The largest absolute Gasteiger partial charge is 0.465 e. The molecule has 0 saturated heterocycles. The normalized spacial score (nSPS) is 13.8. The molecule has 1 fully saturated rings. The SMILES string of the molecule is C1CC1.C=CCNC(=O)O.C[Si](C)(C)O[SiH](O[Si](C)(C)C)O[Si](C)(C)C. The maximum Gasteiger partial charge on any atom is 0.452 e. The van der Waals surface area contributed by atoms with Crippen molar-refractivity contribution in [3.05, 3.63) is 12.7 Å². The molecule has 0 spiro atoms. The summed E-state index contributed by atoms with van der Waals surface area (Å²) in [5.41, 5.74) is 0. The molecule has 156 valence electrons. The van der Waals surface area contributed by atoms with Gasteiger partial charge in [-0.25, -0.2) is 4.79 Å². The van der Waals surface area contributed by atoms with Crippen molar-refractivity contribution in [3.63, 3.8) is 0 Å². The first kappa shape index (κ1) is 28.0. The molecule has 0 aromatic carbocycles. The van der Waals surface area contributed by atoms with Crippen molar-refractivity contribution in [2.45, 2.75) is 78.2 Å². The van der Waals surface area contributed by atoms with Crippen molar-refractivity contribution in [2.24, 2.45) is 0 Å². The van der Waals surface area contributed by atoms with Gasteiger partial charge in [0.2, 0.25) is 0 Å². The number of carbonyl (C=O) groups is 1. The third-order valence-electron chi connectivity index (χ3n) is 2.10. The van der Waals surface area contributed by atoms with Gasteiger partial charge in [0, 0.05) is 6.54 Å². The van der Waals surface area contributed by atoms with E-state index in [0.717, 1.165) is 0 Å². The number of rotatable bonds is 8. The maximum absolute atomic E-state index is 9.60. The molecule has 6 nitrogen and oxygen atoms in total. The predicted octanol–water partition coefficient (Wildman–Crippen LogP) is 4.87. The minimum atomic E-state index is -1.92. The van der Waals surface area contributed by atoms with Crippen molar-refractivity contribution in [1.29, 1.82) is 0 Å². The van der Waals surface area contributed by atoms with Crippen LogP contribution in [0.3, 0.4) is 0 Å². The molecule has 0 bridgehead atoms. The lowest BCUT2D eigenvalue weighted by molar-refractivity contribution is 0.195. The van der Waals surface area contributed by atoms with E-state index in [9.17, 15) is 4.79 Å². The zero-order chi connectivity index (χ0) is 21.0. The van der Waals surface area contributed by atoms with Crippen LogP contribution in [0.25, 0.3) is 0 Å². The fourth-order valence-electron chi connectivity index (χ4n) is 1.10. The van der Waals surface area contributed by atoms with Gasteiger partial charge in [0.05, 0.1) is 0 Å². The molecule has 1 rings (SSSR count). The Morgan fingerprint density at radius 2 is 1.23 bits per heavy atom. The molecule has 0 aromatic rings. The van der Waals surface area contributed by atoms with E-state index in [4.69, 9.17) is 17.5 Å². The van der Waals surface area contributed by atoms with Gasteiger partial charge in [-0.15, -0.1) is 6.58 Å². The molecule has 0 aliphatic heterocycles. The summed E-state index contributed by atoms with van der Waals surface area (Å²) < 4.78 is 18.3. The van der Waals surface area contributed by atoms with E-state index in [1.165, 1.54) is 25.3 Å². The molecule has 2 N–H and O–H groups in total. The van der Waals surface area contributed by atoms with Gasteiger partial charge in [-0.3, -0.25) is 0 Å². The first-order valence-electron chi connectivity index (χ1n) is 9.17. The summed E-state index contributed by atoms with van der Waals surface area (Å²) in [7, 11) is -6.61. The van der Waals surface area contributed by atoms with Gasteiger partial charge in [-0.05, 0) is 58.9 Å². The third kappa shape index (κ3) is 31.5. The Morgan fingerprint density at radius 3 is 1.35 bits per heavy atom. The van der Waals surface area contributed by atoms with Crippen LogP contribution in [0.1, 0.15) is 19.3 Å². The van der Waals surface area contributed by atoms with Gasteiger partial charge in [0.25, 0.3) is 0 Å². The van der Waals surface area contributed by atoms with E-state index in [1.54, 1.807) is 0 Å². The second kappa shape index (κ2) is 13.0. The average molecular weight is 440 g/mol. The van der Waals surface area contributed by atoms with Gasteiger partial charge in [0.1, 0.15) is 0 Å². The van der Waals surface area contributed by atoms with Gasteiger partial charge in [-0.1, -0.05) is 25.3 Å². The topological polar surface area (TPSA) is 77.0 Å². The quantitative estimate of drug-likeness (QED) is 0.417. The van der Waals surface area contributed by atoms with Crippen molar-refractivity contribution >= 4 is 40.6 Å². The lowest BCUT2D eigenvalue weighted by atomic mass is 10.6. The molecular weight excluding hydrogens is 399 g/mol. The first-order valence-corrected chi connectivity index (χ1v) is 20.8. The maximum atomic E-state index is 9.60. The summed E-state index contributed by atoms with van der Waals surface area (Å²) in [5, 5.41) is 9.98. The molecule has 1 saturated carbocycles. The smallest absolute Gasteiger partial charge is 0.452 e. The fourth-order valence-corrected chi connectivity index (χ4v) is 9.90. The summed E-state index contributed by atoms with van der Waals surface area (Å²) in [6.07, 6.45) is 4.97. The average Bonchev–Trinajstić information content (AvgIpc) is 3.17. The van der Waals surface area contributed by atoms with Crippen LogP contribution >= 0.6 is 0 Å². The Labute approximate surface area is 165 Å². The van der Waals surface area contributed by atoms with Gasteiger partial charge < -0.3 is 22.8 Å². The van der Waals surface area contributed by atoms with E-state index in [1.807, 2.05) is 0 Å². The number of hydrogen-bond donors (Lipinski definition) is 2. The molecule has 0 atom stereocenters. The minimum absolute atomic E-state index is 0.315. The van der Waals surface area contributed by atoms with E-state index >= 15 is 0 Å². The van der Waals surface area contributed by atoms with Crippen LogP contribution in [0.15, 0.2) is 12.7 Å². The highest BCUT2D eigenvalue weighted by Crippen LogP contribution is 2.16. The van der Waals surface area contributed by atoms with E-state index in [0.29, 0.717) is 6.54 Å². The molecule has 0 heterocycles. The minimum Gasteiger partial charge on any atom is -0.465 e. The third-order valence-corrected chi connectivity index (χ3v) is 12.9. The summed E-state index contributed by atoms with van der Waals surface area (Å²) in [6, 6.07) is 0. The zero-order valence-electron chi connectivity index (χ0n) is 18.3.